The molecule has 0 saturated heterocycles. The number of urea groups is 1. The molecule has 6 heteroatoms. The summed E-state index contributed by atoms with van der Waals surface area (Å²) in [6.45, 7) is 2.33. The molecular formula is C15H16Cl2N2O2. The van der Waals surface area contributed by atoms with Crippen molar-refractivity contribution in [3.8, 4) is 0 Å². The van der Waals surface area contributed by atoms with Gasteiger partial charge in [0.05, 0.1) is 18.6 Å². The summed E-state index contributed by atoms with van der Waals surface area (Å²) in [6, 6.07) is 6.71. The molecule has 0 fully saturated rings. The first-order valence-corrected chi connectivity index (χ1v) is 7.21. The second-order valence-electron chi connectivity index (χ2n) is 4.74. The zero-order chi connectivity index (χ0) is 15.4. The van der Waals surface area contributed by atoms with Crippen LogP contribution in [0.1, 0.15) is 24.1 Å². The van der Waals surface area contributed by atoms with E-state index in [1.807, 2.05) is 13.0 Å². The predicted molar refractivity (Wildman–Crippen MR) is 83.6 cm³/mol. The maximum Gasteiger partial charge on any atom is 0.317 e. The standard InChI is InChI=1S/C15H16Cl2N2O2/c1-10(13-4-3-12(16)7-14(13)17)19(2)15(20)18-8-11-5-6-21-9-11/h3-7,9-10H,8H2,1-2H3,(H,18,20)/t10-/m1/s1. The summed E-state index contributed by atoms with van der Waals surface area (Å²) in [5.41, 5.74) is 1.76. The number of amides is 2. The van der Waals surface area contributed by atoms with E-state index in [-0.39, 0.29) is 12.1 Å². The lowest BCUT2D eigenvalue weighted by Crippen LogP contribution is -2.38. The van der Waals surface area contributed by atoms with Gasteiger partial charge in [0, 0.05) is 29.2 Å². The van der Waals surface area contributed by atoms with E-state index < -0.39 is 0 Å². The van der Waals surface area contributed by atoms with Crippen molar-refractivity contribution in [2.24, 2.45) is 0 Å². The number of furan rings is 1. The van der Waals surface area contributed by atoms with Crippen LogP contribution in [0.3, 0.4) is 0 Å². The Balaban J connectivity index is 2.00. The highest BCUT2D eigenvalue weighted by molar-refractivity contribution is 6.35. The fraction of sp³-hybridized carbons (Fsp3) is 0.267. The molecule has 112 valence electrons. The van der Waals surface area contributed by atoms with Gasteiger partial charge in [-0.3, -0.25) is 0 Å². The SMILES string of the molecule is C[C@H](c1ccc(Cl)cc1Cl)N(C)C(=O)NCc1ccoc1. The third-order valence-corrected chi connectivity index (χ3v) is 3.90. The maximum atomic E-state index is 12.1. The topological polar surface area (TPSA) is 45.5 Å². The Morgan fingerprint density at radius 1 is 1.38 bits per heavy atom. The second kappa shape index (κ2) is 6.87. The maximum absolute atomic E-state index is 12.1. The van der Waals surface area contributed by atoms with Crippen LogP contribution in [-0.4, -0.2) is 18.0 Å². The minimum absolute atomic E-state index is 0.167. The molecule has 2 aromatic rings. The van der Waals surface area contributed by atoms with E-state index in [1.165, 1.54) is 0 Å². The molecule has 1 N–H and O–H groups in total. The first kappa shape index (κ1) is 15.7. The normalized spacial score (nSPS) is 12.0. The van der Waals surface area contributed by atoms with Crippen molar-refractivity contribution < 1.29 is 9.21 Å². The molecule has 1 aromatic carbocycles. The Hall–Kier alpha value is -1.65. The molecule has 0 unspecified atom stereocenters. The molecule has 4 nitrogen and oxygen atoms in total. The van der Waals surface area contributed by atoms with Gasteiger partial charge in [-0.25, -0.2) is 4.79 Å². The monoisotopic (exact) mass is 326 g/mol. The number of nitrogens with zero attached hydrogens (tertiary/aromatic N) is 1. The van der Waals surface area contributed by atoms with Crippen molar-refractivity contribution in [2.45, 2.75) is 19.5 Å². The summed E-state index contributed by atoms with van der Waals surface area (Å²) >= 11 is 12.1. The van der Waals surface area contributed by atoms with Crippen molar-refractivity contribution in [2.75, 3.05) is 7.05 Å². The van der Waals surface area contributed by atoms with Gasteiger partial charge < -0.3 is 14.6 Å². The van der Waals surface area contributed by atoms with Crippen LogP contribution in [0.25, 0.3) is 0 Å². The van der Waals surface area contributed by atoms with Crippen LogP contribution in [0.5, 0.6) is 0 Å². The molecular weight excluding hydrogens is 311 g/mol. The molecule has 0 radical (unpaired) electrons. The molecule has 0 saturated carbocycles. The molecule has 0 aliphatic rings. The van der Waals surface area contributed by atoms with Crippen molar-refractivity contribution in [1.82, 2.24) is 10.2 Å². The van der Waals surface area contributed by atoms with E-state index in [2.05, 4.69) is 5.32 Å². The molecule has 0 aliphatic carbocycles. The van der Waals surface area contributed by atoms with E-state index in [0.717, 1.165) is 11.1 Å². The zero-order valence-electron chi connectivity index (χ0n) is 11.8. The zero-order valence-corrected chi connectivity index (χ0v) is 13.3. The molecule has 1 aromatic heterocycles. The summed E-state index contributed by atoms with van der Waals surface area (Å²) in [5.74, 6) is 0. The van der Waals surface area contributed by atoms with Gasteiger partial charge in [-0.2, -0.15) is 0 Å². The van der Waals surface area contributed by atoms with Gasteiger partial charge in [0.25, 0.3) is 0 Å². The van der Waals surface area contributed by atoms with Gasteiger partial charge in [-0.1, -0.05) is 29.3 Å². The Kier molecular flexibility index (Phi) is 5.15. The van der Waals surface area contributed by atoms with E-state index in [4.69, 9.17) is 27.6 Å². The number of benzene rings is 1. The van der Waals surface area contributed by atoms with E-state index in [9.17, 15) is 4.79 Å². The highest BCUT2D eigenvalue weighted by atomic mass is 35.5. The minimum Gasteiger partial charge on any atom is -0.472 e. The fourth-order valence-electron chi connectivity index (χ4n) is 1.92. The number of carbonyl (C=O) groups excluding carboxylic acids is 1. The first-order valence-electron chi connectivity index (χ1n) is 6.45. The van der Waals surface area contributed by atoms with Crippen molar-refractivity contribution in [3.05, 3.63) is 58.0 Å². The fourth-order valence-corrected chi connectivity index (χ4v) is 2.49. The number of hydrogen-bond acceptors (Lipinski definition) is 2. The van der Waals surface area contributed by atoms with Crippen molar-refractivity contribution in [3.63, 3.8) is 0 Å². The molecule has 1 heterocycles. The Morgan fingerprint density at radius 3 is 2.76 bits per heavy atom. The van der Waals surface area contributed by atoms with Gasteiger partial charge in [0.1, 0.15) is 0 Å². The lowest BCUT2D eigenvalue weighted by atomic mass is 10.1. The second-order valence-corrected chi connectivity index (χ2v) is 5.59. The third kappa shape index (κ3) is 3.93. The number of hydrogen-bond donors (Lipinski definition) is 1. The van der Waals surface area contributed by atoms with E-state index in [1.54, 1.807) is 42.7 Å². The van der Waals surface area contributed by atoms with Crippen molar-refractivity contribution >= 4 is 29.2 Å². The van der Waals surface area contributed by atoms with Crippen LogP contribution in [0.15, 0.2) is 41.2 Å². The summed E-state index contributed by atoms with van der Waals surface area (Å²) in [7, 11) is 1.72. The Bertz CT molecular complexity index is 614. The third-order valence-electron chi connectivity index (χ3n) is 3.34. The molecule has 2 rings (SSSR count). The number of rotatable bonds is 4. The summed E-state index contributed by atoms with van der Waals surface area (Å²) in [6.07, 6.45) is 3.17. The van der Waals surface area contributed by atoms with Gasteiger partial charge in [0.15, 0.2) is 0 Å². The molecule has 0 aliphatic heterocycles. The quantitative estimate of drug-likeness (QED) is 0.899. The smallest absolute Gasteiger partial charge is 0.317 e. The van der Waals surface area contributed by atoms with Gasteiger partial charge in [-0.15, -0.1) is 0 Å². The highest BCUT2D eigenvalue weighted by Gasteiger charge is 2.19. The largest absolute Gasteiger partial charge is 0.472 e. The van der Waals surface area contributed by atoms with Crippen LogP contribution < -0.4 is 5.32 Å². The molecule has 1 atom stereocenters. The molecule has 0 spiro atoms. The van der Waals surface area contributed by atoms with Crippen LogP contribution >= 0.6 is 23.2 Å². The van der Waals surface area contributed by atoms with E-state index in [0.29, 0.717) is 16.6 Å². The highest BCUT2D eigenvalue weighted by Crippen LogP contribution is 2.29. The average Bonchev–Trinajstić information content (AvgIpc) is 2.96. The average molecular weight is 327 g/mol. The van der Waals surface area contributed by atoms with Gasteiger partial charge in [-0.05, 0) is 30.7 Å². The van der Waals surface area contributed by atoms with Gasteiger partial charge in [0.2, 0.25) is 0 Å². The van der Waals surface area contributed by atoms with Crippen LogP contribution in [0.4, 0.5) is 4.79 Å². The lowest BCUT2D eigenvalue weighted by Gasteiger charge is -2.26. The Morgan fingerprint density at radius 2 is 2.14 bits per heavy atom. The van der Waals surface area contributed by atoms with Crippen molar-refractivity contribution in [1.29, 1.82) is 0 Å². The Labute approximate surface area is 133 Å². The van der Waals surface area contributed by atoms with Crippen LogP contribution in [-0.2, 0) is 6.54 Å². The number of nitrogens with one attached hydrogen (secondary N) is 1. The molecule has 21 heavy (non-hydrogen) atoms. The summed E-state index contributed by atoms with van der Waals surface area (Å²) in [5, 5.41) is 3.94. The minimum atomic E-state index is -0.185. The predicted octanol–water partition coefficient (Wildman–Crippen LogP) is 4.49. The number of carbonyl (C=O) groups is 1. The molecule has 2 amide bonds. The van der Waals surface area contributed by atoms with Crippen LogP contribution in [0.2, 0.25) is 10.0 Å². The first-order chi connectivity index (χ1) is 9.99. The summed E-state index contributed by atoms with van der Waals surface area (Å²) < 4.78 is 4.96. The lowest BCUT2D eigenvalue weighted by molar-refractivity contribution is 0.194. The van der Waals surface area contributed by atoms with Crippen LogP contribution in [0, 0.1) is 0 Å². The molecule has 0 bridgehead atoms. The number of halogens is 2. The summed E-state index contributed by atoms with van der Waals surface area (Å²) in [4.78, 5) is 13.7. The van der Waals surface area contributed by atoms with E-state index >= 15 is 0 Å². The van der Waals surface area contributed by atoms with Gasteiger partial charge >= 0.3 is 6.03 Å².